The lowest BCUT2D eigenvalue weighted by molar-refractivity contribution is -0.121. The number of carbonyl (C=O) groups is 1. The molecular weight excluding hydrogens is 379 g/mol. The van der Waals surface area contributed by atoms with Gasteiger partial charge in [-0.05, 0) is 23.3 Å². The van der Waals surface area contributed by atoms with Crippen LogP contribution in [0, 0.1) is 5.82 Å². The molecule has 0 atom stereocenters. The zero-order valence-corrected chi connectivity index (χ0v) is 16.3. The number of hydrogen-bond donors (Lipinski definition) is 1. The molecule has 1 heterocycles. The summed E-state index contributed by atoms with van der Waals surface area (Å²) < 4.78 is 19.1. The van der Waals surface area contributed by atoms with Crippen molar-refractivity contribution in [3.8, 4) is 11.3 Å². The molecule has 0 saturated carbocycles. The largest absolute Gasteiger partial charge is 0.356 e. The van der Waals surface area contributed by atoms with Crippen molar-refractivity contribution in [2.45, 2.75) is 18.9 Å². The van der Waals surface area contributed by atoms with Gasteiger partial charge in [0.05, 0.1) is 12.1 Å². The molecule has 30 heavy (non-hydrogen) atoms. The van der Waals surface area contributed by atoms with E-state index in [0.29, 0.717) is 23.4 Å². The first-order valence-corrected chi connectivity index (χ1v) is 9.78. The van der Waals surface area contributed by atoms with E-state index >= 15 is 0 Å². The van der Waals surface area contributed by atoms with Crippen molar-refractivity contribution >= 4 is 5.91 Å². The second-order valence-corrected chi connectivity index (χ2v) is 7.02. The van der Waals surface area contributed by atoms with Crippen molar-refractivity contribution in [1.29, 1.82) is 0 Å². The van der Waals surface area contributed by atoms with E-state index < -0.39 is 0 Å². The number of amides is 1. The Kier molecular flexibility index (Phi) is 5.99. The number of carbonyl (C=O) groups excluding carboxylic acids is 1. The molecule has 0 fully saturated rings. The molecule has 150 valence electrons. The molecule has 1 N–H and O–H groups in total. The monoisotopic (exact) mass is 400 g/mol. The molecule has 4 nitrogen and oxygen atoms in total. The van der Waals surface area contributed by atoms with Gasteiger partial charge in [-0.2, -0.15) is 0 Å². The minimum Gasteiger partial charge on any atom is -0.356 e. The summed E-state index contributed by atoms with van der Waals surface area (Å²) in [4.78, 5) is 12.7. The van der Waals surface area contributed by atoms with Crippen LogP contribution in [0.1, 0.15) is 29.2 Å². The highest BCUT2D eigenvalue weighted by atomic mass is 19.1. The Bertz CT molecular complexity index is 1070. The third kappa shape index (κ3) is 4.63. The fourth-order valence-corrected chi connectivity index (χ4v) is 3.43. The van der Waals surface area contributed by atoms with Crippen LogP contribution in [-0.2, 0) is 11.3 Å². The van der Waals surface area contributed by atoms with E-state index in [2.05, 4.69) is 10.5 Å². The van der Waals surface area contributed by atoms with Gasteiger partial charge < -0.3 is 9.84 Å². The van der Waals surface area contributed by atoms with Crippen molar-refractivity contribution in [2.75, 3.05) is 0 Å². The summed E-state index contributed by atoms with van der Waals surface area (Å²) in [5, 5.41) is 6.84. The second-order valence-electron chi connectivity index (χ2n) is 7.02. The van der Waals surface area contributed by atoms with Gasteiger partial charge in [-0.25, -0.2) is 4.39 Å². The van der Waals surface area contributed by atoms with Crippen LogP contribution >= 0.6 is 0 Å². The summed E-state index contributed by atoms with van der Waals surface area (Å²) in [6.45, 7) is 0.215. The number of nitrogens with zero attached hydrogens (tertiary/aromatic N) is 1. The molecule has 1 amide bonds. The van der Waals surface area contributed by atoms with Crippen LogP contribution < -0.4 is 5.32 Å². The Morgan fingerprint density at radius 1 is 0.900 bits per heavy atom. The predicted octanol–water partition coefficient (Wildman–Crippen LogP) is 5.32. The van der Waals surface area contributed by atoms with Crippen LogP contribution in [-0.4, -0.2) is 11.1 Å². The SMILES string of the molecule is O=C(CC(c1ccccc1)c1ccccc1)NCc1cc(-c2ccccc2F)on1. The topological polar surface area (TPSA) is 55.1 Å². The minimum atomic E-state index is -0.377. The molecule has 0 unspecified atom stereocenters. The Labute approximate surface area is 174 Å². The van der Waals surface area contributed by atoms with Gasteiger partial charge in [0.1, 0.15) is 11.5 Å². The number of benzene rings is 3. The van der Waals surface area contributed by atoms with Crippen molar-refractivity contribution in [1.82, 2.24) is 10.5 Å². The third-order valence-corrected chi connectivity index (χ3v) is 4.96. The summed E-state index contributed by atoms with van der Waals surface area (Å²) in [7, 11) is 0. The van der Waals surface area contributed by atoms with Gasteiger partial charge in [0.2, 0.25) is 5.91 Å². The average Bonchev–Trinajstić information content (AvgIpc) is 3.26. The van der Waals surface area contributed by atoms with Crippen molar-refractivity contribution in [3.05, 3.63) is 114 Å². The minimum absolute atomic E-state index is 0.0429. The molecule has 0 aliphatic heterocycles. The summed E-state index contributed by atoms with van der Waals surface area (Å²) in [6, 6.07) is 27.9. The average molecular weight is 400 g/mol. The van der Waals surface area contributed by atoms with Gasteiger partial charge in [0.15, 0.2) is 5.76 Å². The number of hydrogen-bond acceptors (Lipinski definition) is 3. The predicted molar refractivity (Wildman–Crippen MR) is 113 cm³/mol. The molecular formula is C25H21FN2O2. The van der Waals surface area contributed by atoms with Crippen LogP contribution in [0.5, 0.6) is 0 Å². The van der Waals surface area contributed by atoms with Crippen LogP contribution in [0.15, 0.2) is 95.5 Å². The van der Waals surface area contributed by atoms with E-state index in [1.165, 1.54) is 6.07 Å². The summed E-state index contributed by atoms with van der Waals surface area (Å²) in [6.07, 6.45) is 0.312. The lowest BCUT2D eigenvalue weighted by atomic mass is 9.88. The smallest absolute Gasteiger partial charge is 0.221 e. The van der Waals surface area contributed by atoms with Crippen LogP contribution in [0.4, 0.5) is 4.39 Å². The highest BCUT2D eigenvalue weighted by Crippen LogP contribution is 2.28. The fourth-order valence-electron chi connectivity index (χ4n) is 3.43. The van der Waals surface area contributed by atoms with Gasteiger partial charge in [-0.1, -0.05) is 78.0 Å². The fraction of sp³-hybridized carbons (Fsp3) is 0.120. The van der Waals surface area contributed by atoms with E-state index in [9.17, 15) is 9.18 Å². The Morgan fingerprint density at radius 2 is 1.50 bits per heavy atom. The van der Waals surface area contributed by atoms with Crippen LogP contribution in [0.25, 0.3) is 11.3 Å². The maximum absolute atomic E-state index is 13.9. The highest BCUT2D eigenvalue weighted by Gasteiger charge is 2.18. The Hall–Kier alpha value is -3.73. The number of aromatic nitrogens is 1. The maximum Gasteiger partial charge on any atom is 0.221 e. The molecule has 0 radical (unpaired) electrons. The number of halogens is 1. The standard InChI is InChI=1S/C25H21FN2O2/c26-23-14-8-7-13-21(23)24-15-20(28-30-24)17-27-25(29)16-22(18-9-3-1-4-10-18)19-11-5-2-6-12-19/h1-15,22H,16-17H2,(H,27,29). The first-order chi connectivity index (χ1) is 14.7. The van der Waals surface area contributed by atoms with Gasteiger partial charge in [0, 0.05) is 18.4 Å². The van der Waals surface area contributed by atoms with Crippen molar-refractivity contribution in [2.24, 2.45) is 0 Å². The molecule has 0 aliphatic carbocycles. The number of rotatable bonds is 7. The molecule has 5 heteroatoms. The van der Waals surface area contributed by atoms with E-state index in [1.807, 2.05) is 60.7 Å². The van der Waals surface area contributed by atoms with E-state index in [4.69, 9.17) is 4.52 Å². The molecule has 4 rings (SSSR count). The summed E-state index contributed by atoms with van der Waals surface area (Å²) >= 11 is 0. The first kappa shape index (κ1) is 19.6. The van der Waals surface area contributed by atoms with Crippen molar-refractivity contribution in [3.63, 3.8) is 0 Å². The zero-order valence-electron chi connectivity index (χ0n) is 16.3. The van der Waals surface area contributed by atoms with E-state index in [1.54, 1.807) is 24.3 Å². The van der Waals surface area contributed by atoms with Gasteiger partial charge in [-0.3, -0.25) is 4.79 Å². The zero-order chi connectivity index (χ0) is 20.8. The maximum atomic E-state index is 13.9. The van der Waals surface area contributed by atoms with Crippen LogP contribution in [0.2, 0.25) is 0 Å². The summed E-state index contributed by atoms with van der Waals surface area (Å²) in [5.41, 5.74) is 3.05. The van der Waals surface area contributed by atoms with Crippen LogP contribution in [0.3, 0.4) is 0 Å². The molecule has 1 aromatic heterocycles. The summed E-state index contributed by atoms with van der Waals surface area (Å²) in [5.74, 6) is -0.177. The van der Waals surface area contributed by atoms with Gasteiger partial charge in [0.25, 0.3) is 0 Å². The quantitative estimate of drug-likeness (QED) is 0.457. The Balaban J connectivity index is 1.43. The highest BCUT2D eigenvalue weighted by molar-refractivity contribution is 5.77. The number of nitrogens with one attached hydrogen (secondary N) is 1. The van der Waals surface area contributed by atoms with Gasteiger partial charge >= 0.3 is 0 Å². The molecule has 0 saturated heterocycles. The van der Waals surface area contributed by atoms with Crippen molar-refractivity contribution < 1.29 is 13.7 Å². The molecule has 3 aromatic carbocycles. The first-order valence-electron chi connectivity index (χ1n) is 9.78. The normalized spacial score (nSPS) is 10.9. The van der Waals surface area contributed by atoms with Gasteiger partial charge in [-0.15, -0.1) is 0 Å². The lowest BCUT2D eigenvalue weighted by Gasteiger charge is -2.17. The Morgan fingerprint density at radius 3 is 2.13 bits per heavy atom. The molecule has 4 aromatic rings. The lowest BCUT2D eigenvalue weighted by Crippen LogP contribution is -2.25. The second kappa shape index (κ2) is 9.18. The van der Waals surface area contributed by atoms with E-state index in [0.717, 1.165) is 11.1 Å². The third-order valence-electron chi connectivity index (χ3n) is 4.96. The molecule has 0 aliphatic rings. The molecule has 0 bridgehead atoms. The van der Waals surface area contributed by atoms with E-state index in [-0.39, 0.29) is 24.2 Å². The molecule has 0 spiro atoms.